The number of carbonyl (C=O) groups excluding carboxylic acids is 1. The van der Waals surface area contributed by atoms with Crippen LogP contribution in [-0.4, -0.2) is 33.4 Å². The number of benzene rings is 2. The molecule has 134 valence electrons. The van der Waals surface area contributed by atoms with Gasteiger partial charge < -0.3 is 10.1 Å². The number of carbonyl (C=O) groups is 1. The number of H-pyrrole nitrogens is 1. The van der Waals surface area contributed by atoms with Crippen molar-refractivity contribution < 1.29 is 9.53 Å². The molecule has 0 aliphatic carbocycles. The van der Waals surface area contributed by atoms with Crippen molar-refractivity contribution in [3.63, 3.8) is 0 Å². The van der Waals surface area contributed by atoms with Crippen LogP contribution in [0.15, 0.2) is 58.2 Å². The molecule has 0 aliphatic rings. The zero-order chi connectivity index (χ0) is 18.5. The summed E-state index contributed by atoms with van der Waals surface area (Å²) in [6, 6.07) is 15.0. The van der Waals surface area contributed by atoms with Gasteiger partial charge in [0.25, 0.3) is 0 Å². The molecule has 1 atom stereocenters. The second-order valence-electron chi connectivity index (χ2n) is 5.45. The predicted octanol–water partition coefficient (Wildman–Crippen LogP) is 4.36. The van der Waals surface area contributed by atoms with Gasteiger partial charge in [-0.3, -0.25) is 9.89 Å². The van der Waals surface area contributed by atoms with E-state index in [2.05, 4.69) is 36.4 Å². The third-order valence-electron chi connectivity index (χ3n) is 3.59. The largest absolute Gasteiger partial charge is 0.497 e. The molecule has 0 saturated carbocycles. The number of amides is 1. The van der Waals surface area contributed by atoms with E-state index in [4.69, 9.17) is 4.74 Å². The Kier molecular flexibility index (Phi) is 5.95. The van der Waals surface area contributed by atoms with Crippen molar-refractivity contribution in [2.75, 3.05) is 12.4 Å². The first-order chi connectivity index (χ1) is 12.5. The number of halogens is 1. The van der Waals surface area contributed by atoms with Crippen LogP contribution in [-0.2, 0) is 4.79 Å². The number of thioether (sulfide) groups is 1. The molecule has 8 heteroatoms. The fourth-order valence-corrected chi connectivity index (χ4v) is 3.15. The first-order valence-corrected chi connectivity index (χ1v) is 9.52. The smallest absolute Gasteiger partial charge is 0.237 e. The molecule has 1 heterocycles. The van der Waals surface area contributed by atoms with Gasteiger partial charge in [0.1, 0.15) is 5.75 Å². The van der Waals surface area contributed by atoms with Crippen LogP contribution in [0.5, 0.6) is 5.75 Å². The molecule has 0 aliphatic heterocycles. The van der Waals surface area contributed by atoms with Gasteiger partial charge in [-0.1, -0.05) is 27.7 Å². The SMILES string of the molecule is COc1ccc(-c2nc(SC(C)C(=O)Nc3ccc(Br)cc3)n[nH]2)cc1. The number of hydrogen-bond donors (Lipinski definition) is 2. The molecule has 6 nitrogen and oxygen atoms in total. The third-order valence-corrected chi connectivity index (χ3v) is 5.08. The molecule has 3 rings (SSSR count). The first-order valence-electron chi connectivity index (χ1n) is 7.85. The summed E-state index contributed by atoms with van der Waals surface area (Å²) in [6.07, 6.45) is 0. The van der Waals surface area contributed by atoms with Crippen molar-refractivity contribution >= 4 is 39.3 Å². The van der Waals surface area contributed by atoms with E-state index < -0.39 is 0 Å². The zero-order valence-electron chi connectivity index (χ0n) is 14.2. The number of aromatic nitrogens is 3. The molecular weight excluding hydrogens is 416 g/mol. The molecule has 1 amide bonds. The third kappa shape index (κ3) is 4.64. The van der Waals surface area contributed by atoms with E-state index in [1.165, 1.54) is 11.8 Å². The van der Waals surface area contributed by atoms with E-state index in [1.54, 1.807) is 7.11 Å². The zero-order valence-corrected chi connectivity index (χ0v) is 16.6. The highest BCUT2D eigenvalue weighted by Crippen LogP contribution is 2.25. The number of nitrogens with one attached hydrogen (secondary N) is 2. The maximum atomic E-state index is 12.3. The lowest BCUT2D eigenvalue weighted by Gasteiger charge is -2.10. The normalized spacial score (nSPS) is 11.8. The molecule has 0 saturated heterocycles. The molecule has 1 unspecified atom stereocenters. The van der Waals surface area contributed by atoms with E-state index in [0.29, 0.717) is 11.0 Å². The lowest BCUT2D eigenvalue weighted by molar-refractivity contribution is -0.115. The summed E-state index contributed by atoms with van der Waals surface area (Å²) < 4.78 is 6.11. The number of methoxy groups -OCH3 is 1. The monoisotopic (exact) mass is 432 g/mol. The summed E-state index contributed by atoms with van der Waals surface area (Å²) >= 11 is 4.67. The fourth-order valence-electron chi connectivity index (χ4n) is 2.17. The molecule has 3 aromatic rings. The minimum absolute atomic E-state index is 0.104. The Balaban J connectivity index is 1.62. The van der Waals surface area contributed by atoms with E-state index in [1.807, 2.05) is 55.5 Å². The molecule has 0 spiro atoms. The second kappa shape index (κ2) is 8.37. The van der Waals surface area contributed by atoms with Gasteiger partial charge in [0.15, 0.2) is 5.82 Å². The average molecular weight is 433 g/mol. The summed E-state index contributed by atoms with van der Waals surface area (Å²) in [5, 5.41) is 10.2. The number of ether oxygens (including phenoxy) is 1. The van der Waals surface area contributed by atoms with Crippen LogP contribution >= 0.6 is 27.7 Å². The van der Waals surface area contributed by atoms with Crippen molar-refractivity contribution in [3.8, 4) is 17.1 Å². The quantitative estimate of drug-likeness (QED) is 0.565. The summed E-state index contributed by atoms with van der Waals surface area (Å²) in [4.78, 5) is 16.8. The van der Waals surface area contributed by atoms with Gasteiger partial charge in [0.2, 0.25) is 11.1 Å². The average Bonchev–Trinajstić information content (AvgIpc) is 3.12. The van der Waals surface area contributed by atoms with E-state index >= 15 is 0 Å². The molecule has 2 aromatic carbocycles. The number of anilines is 1. The molecular formula is C18H17BrN4O2S. The molecule has 2 N–H and O–H groups in total. The topological polar surface area (TPSA) is 79.9 Å². The summed E-state index contributed by atoms with van der Waals surface area (Å²) in [6.45, 7) is 1.82. The first kappa shape index (κ1) is 18.5. The molecule has 0 radical (unpaired) electrons. The van der Waals surface area contributed by atoms with Gasteiger partial charge in [-0.25, -0.2) is 4.98 Å². The van der Waals surface area contributed by atoms with Crippen molar-refractivity contribution in [2.24, 2.45) is 0 Å². The van der Waals surface area contributed by atoms with Crippen LogP contribution in [0.1, 0.15) is 6.92 Å². The van der Waals surface area contributed by atoms with Crippen LogP contribution in [0.4, 0.5) is 5.69 Å². The molecule has 0 fully saturated rings. The van der Waals surface area contributed by atoms with Crippen molar-refractivity contribution in [3.05, 3.63) is 53.0 Å². The van der Waals surface area contributed by atoms with Gasteiger partial charge in [-0.05, 0) is 55.5 Å². The van der Waals surface area contributed by atoms with Crippen LogP contribution in [0.25, 0.3) is 11.4 Å². The molecule has 1 aromatic heterocycles. The van der Waals surface area contributed by atoms with Crippen LogP contribution in [0.3, 0.4) is 0 Å². The number of aromatic amines is 1. The minimum Gasteiger partial charge on any atom is -0.497 e. The Morgan fingerprint density at radius 1 is 1.19 bits per heavy atom. The Hall–Kier alpha value is -2.32. The standard InChI is InChI=1S/C18H17BrN4O2S/c1-11(17(24)20-14-7-5-13(19)6-8-14)26-18-21-16(22-23-18)12-3-9-15(25-2)10-4-12/h3-11H,1-2H3,(H,20,24)(H,21,22,23). The van der Waals surface area contributed by atoms with E-state index in [9.17, 15) is 4.79 Å². The van der Waals surface area contributed by atoms with Crippen molar-refractivity contribution in [1.82, 2.24) is 15.2 Å². The van der Waals surface area contributed by atoms with E-state index in [0.717, 1.165) is 21.5 Å². The lowest BCUT2D eigenvalue weighted by atomic mass is 10.2. The Morgan fingerprint density at radius 2 is 1.88 bits per heavy atom. The number of hydrogen-bond acceptors (Lipinski definition) is 5. The Morgan fingerprint density at radius 3 is 2.54 bits per heavy atom. The summed E-state index contributed by atoms with van der Waals surface area (Å²) in [5.74, 6) is 1.32. The number of rotatable bonds is 6. The summed E-state index contributed by atoms with van der Waals surface area (Å²) in [5.41, 5.74) is 1.65. The van der Waals surface area contributed by atoms with Gasteiger partial charge in [-0.2, -0.15) is 0 Å². The minimum atomic E-state index is -0.335. The van der Waals surface area contributed by atoms with Crippen LogP contribution in [0.2, 0.25) is 0 Å². The van der Waals surface area contributed by atoms with Crippen molar-refractivity contribution in [1.29, 1.82) is 0 Å². The van der Waals surface area contributed by atoms with Gasteiger partial charge in [0, 0.05) is 15.7 Å². The van der Waals surface area contributed by atoms with Gasteiger partial charge >= 0.3 is 0 Å². The van der Waals surface area contributed by atoms with E-state index in [-0.39, 0.29) is 11.2 Å². The fraction of sp³-hybridized carbons (Fsp3) is 0.167. The van der Waals surface area contributed by atoms with Crippen molar-refractivity contribution in [2.45, 2.75) is 17.3 Å². The number of nitrogens with zero attached hydrogens (tertiary/aromatic N) is 2. The highest BCUT2D eigenvalue weighted by atomic mass is 79.9. The molecule has 0 bridgehead atoms. The highest BCUT2D eigenvalue weighted by molar-refractivity contribution is 9.10. The summed E-state index contributed by atoms with van der Waals surface area (Å²) in [7, 11) is 1.62. The highest BCUT2D eigenvalue weighted by Gasteiger charge is 2.17. The maximum Gasteiger partial charge on any atom is 0.237 e. The van der Waals surface area contributed by atoms with Gasteiger partial charge in [-0.15, -0.1) is 5.10 Å². The van der Waals surface area contributed by atoms with Gasteiger partial charge in [0.05, 0.1) is 12.4 Å². The van der Waals surface area contributed by atoms with Crippen LogP contribution < -0.4 is 10.1 Å². The second-order valence-corrected chi connectivity index (χ2v) is 7.67. The maximum absolute atomic E-state index is 12.3. The Labute approximate surface area is 163 Å². The lowest BCUT2D eigenvalue weighted by Crippen LogP contribution is -2.22. The molecule has 26 heavy (non-hydrogen) atoms. The Bertz CT molecular complexity index is 881. The van der Waals surface area contributed by atoms with Crippen LogP contribution in [0, 0.1) is 0 Å². The predicted molar refractivity (Wildman–Crippen MR) is 106 cm³/mol.